The molecule has 2 aromatic carbocycles. The fourth-order valence-corrected chi connectivity index (χ4v) is 5.37. The van der Waals surface area contributed by atoms with E-state index in [-0.39, 0.29) is 16.2 Å². The molecule has 0 bridgehead atoms. The Labute approximate surface area is 207 Å². The predicted octanol–water partition coefficient (Wildman–Crippen LogP) is 7.78. The molecule has 1 radical (unpaired) electrons. The highest BCUT2D eigenvalue weighted by molar-refractivity contribution is 5.83. The van der Waals surface area contributed by atoms with Crippen LogP contribution in [0.5, 0.6) is 0 Å². The van der Waals surface area contributed by atoms with Gasteiger partial charge in [0.1, 0.15) is 0 Å². The fraction of sp³-hybridized carbons (Fsp3) is 0.471. The molecule has 0 heterocycles. The molecule has 1 unspecified atom stereocenters. The summed E-state index contributed by atoms with van der Waals surface area (Å²) >= 11 is 0. The average molecular weight is 452 g/mol. The molecular weight excluding hydrogens is 408 g/mol. The van der Waals surface area contributed by atoms with Crippen LogP contribution in [0.4, 0.5) is 0 Å². The van der Waals surface area contributed by atoms with Gasteiger partial charge >= 0.3 is 0 Å². The first-order chi connectivity index (χ1) is 15.5. The van der Waals surface area contributed by atoms with E-state index in [0.717, 1.165) is 0 Å². The van der Waals surface area contributed by atoms with Crippen LogP contribution < -0.4 is 10.4 Å². The Kier molecular flexibility index (Phi) is 5.71. The van der Waals surface area contributed by atoms with Gasteiger partial charge in [0.15, 0.2) is 0 Å². The first-order valence-corrected chi connectivity index (χ1v) is 12.9. The van der Waals surface area contributed by atoms with Gasteiger partial charge in [-0.05, 0) is 103 Å². The van der Waals surface area contributed by atoms with Crippen molar-refractivity contribution in [1.29, 1.82) is 0 Å². The quantitative estimate of drug-likeness (QED) is 0.354. The summed E-state index contributed by atoms with van der Waals surface area (Å²) in [7, 11) is 0. The molecule has 2 aliphatic rings. The van der Waals surface area contributed by atoms with E-state index in [1.807, 2.05) is 0 Å². The summed E-state index contributed by atoms with van der Waals surface area (Å²) < 4.78 is 0. The molecular formula is C34H43. The summed E-state index contributed by atoms with van der Waals surface area (Å²) in [5.41, 5.74) is 10.1. The van der Waals surface area contributed by atoms with E-state index >= 15 is 0 Å². The third kappa shape index (κ3) is 4.15. The van der Waals surface area contributed by atoms with Gasteiger partial charge in [-0.2, -0.15) is 0 Å². The van der Waals surface area contributed by atoms with Crippen LogP contribution in [-0.4, -0.2) is 0 Å². The van der Waals surface area contributed by atoms with Crippen LogP contribution in [0.1, 0.15) is 105 Å². The standard InChI is InChI=1S/C34H43/c1-20(2)30-29(34(10,11)12)19-27-26-17-23(32(4,5)6)14-13-22(26)16-28(27)31(30)25-18-24(15-21(25)3)33(7,8)9/h13-15,17-19,21H,1-12H3. The summed E-state index contributed by atoms with van der Waals surface area (Å²) in [6.45, 7) is 27.8. The second-order valence-corrected chi connectivity index (χ2v) is 13.7. The summed E-state index contributed by atoms with van der Waals surface area (Å²) in [5.74, 6) is 0.391. The normalized spacial score (nSPS) is 17.7. The molecule has 0 spiro atoms. The number of hydrogen-bond acceptors (Lipinski definition) is 0. The molecule has 0 nitrogen and oxygen atoms in total. The van der Waals surface area contributed by atoms with Crippen LogP contribution in [0.15, 0.2) is 42.0 Å². The molecule has 179 valence electrons. The van der Waals surface area contributed by atoms with Crippen LogP contribution >= 0.6 is 0 Å². The Hall–Kier alpha value is -2.34. The number of allylic oxidation sites excluding steroid dienone is 4. The summed E-state index contributed by atoms with van der Waals surface area (Å²) in [5, 5.41) is 5.34. The molecule has 2 aromatic rings. The third-order valence-electron chi connectivity index (χ3n) is 7.46. The summed E-state index contributed by atoms with van der Waals surface area (Å²) in [6.07, 6.45) is 8.82. The molecule has 0 aliphatic heterocycles. The lowest BCUT2D eigenvalue weighted by molar-refractivity contribution is 0.516. The van der Waals surface area contributed by atoms with E-state index < -0.39 is 0 Å². The van der Waals surface area contributed by atoms with Crippen molar-refractivity contribution in [3.8, 4) is 0 Å². The van der Waals surface area contributed by atoms with Crippen LogP contribution in [-0.2, 0) is 10.8 Å². The summed E-state index contributed by atoms with van der Waals surface area (Å²) in [4.78, 5) is 0. The van der Waals surface area contributed by atoms with Crippen molar-refractivity contribution in [2.24, 2.45) is 11.3 Å². The first-order valence-electron chi connectivity index (χ1n) is 12.9. The minimum atomic E-state index is 0.0451. The predicted molar refractivity (Wildman–Crippen MR) is 149 cm³/mol. The molecule has 0 amide bonds. The van der Waals surface area contributed by atoms with Crippen molar-refractivity contribution in [2.75, 3.05) is 0 Å². The SMILES string of the molecule is CC(C)=c1c(C(C)(C)C)cc2c(c1C1=CC(C(C)(C)C)=CC1C)[C]=c1ccc(C(C)(C)C)cc1=2. The monoisotopic (exact) mass is 451 g/mol. The minimum Gasteiger partial charge on any atom is -0.0735 e. The van der Waals surface area contributed by atoms with Gasteiger partial charge < -0.3 is 0 Å². The molecule has 0 fully saturated rings. The van der Waals surface area contributed by atoms with Crippen molar-refractivity contribution in [2.45, 2.75) is 93.9 Å². The van der Waals surface area contributed by atoms with E-state index in [4.69, 9.17) is 0 Å². The number of benzene rings is 2. The van der Waals surface area contributed by atoms with Gasteiger partial charge in [-0.25, -0.2) is 0 Å². The molecule has 4 rings (SSSR count). The lowest BCUT2D eigenvalue weighted by atomic mass is 9.79. The molecule has 0 saturated heterocycles. The lowest BCUT2D eigenvalue weighted by Gasteiger charge is -2.25. The molecule has 2 aliphatic carbocycles. The lowest BCUT2D eigenvalue weighted by Crippen LogP contribution is -2.28. The van der Waals surface area contributed by atoms with Gasteiger partial charge in [0.2, 0.25) is 0 Å². The zero-order valence-electron chi connectivity index (χ0n) is 23.5. The highest BCUT2D eigenvalue weighted by Gasteiger charge is 2.29. The first kappa shape index (κ1) is 24.8. The van der Waals surface area contributed by atoms with E-state index in [1.165, 1.54) is 59.8 Å². The molecule has 0 heteroatoms. The van der Waals surface area contributed by atoms with Crippen LogP contribution in [0.25, 0.3) is 17.2 Å². The van der Waals surface area contributed by atoms with Crippen molar-refractivity contribution >= 4 is 17.2 Å². The van der Waals surface area contributed by atoms with E-state index in [9.17, 15) is 0 Å². The van der Waals surface area contributed by atoms with Gasteiger partial charge in [0, 0.05) is 5.92 Å². The molecule has 0 N–H and O–H groups in total. The van der Waals surface area contributed by atoms with Gasteiger partial charge in [0.05, 0.1) is 0 Å². The van der Waals surface area contributed by atoms with Gasteiger partial charge in [-0.3, -0.25) is 0 Å². The zero-order valence-corrected chi connectivity index (χ0v) is 23.5. The van der Waals surface area contributed by atoms with E-state index in [1.54, 1.807) is 0 Å². The highest BCUT2D eigenvalue weighted by atomic mass is 14.3. The highest BCUT2D eigenvalue weighted by Crippen LogP contribution is 2.41. The van der Waals surface area contributed by atoms with E-state index in [2.05, 4.69) is 126 Å². The van der Waals surface area contributed by atoms with Gasteiger partial charge in [0.25, 0.3) is 0 Å². The zero-order chi connectivity index (χ0) is 25.4. The Balaban J connectivity index is 2.22. The van der Waals surface area contributed by atoms with Crippen molar-refractivity contribution < 1.29 is 0 Å². The maximum atomic E-state index is 3.87. The minimum absolute atomic E-state index is 0.0451. The van der Waals surface area contributed by atoms with Gasteiger partial charge in [-0.1, -0.05) is 99.1 Å². The summed E-state index contributed by atoms with van der Waals surface area (Å²) in [6, 6.07) is 9.46. The largest absolute Gasteiger partial charge is 0.0735 e. The Bertz CT molecular complexity index is 1450. The van der Waals surface area contributed by atoms with Crippen molar-refractivity contribution in [3.05, 3.63) is 85.1 Å². The molecule has 0 saturated carbocycles. The van der Waals surface area contributed by atoms with Crippen LogP contribution in [0, 0.1) is 21.8 Å². The second-order valence-electron chi connectivity index (χ2n) is 13.7. The Morgan fingerprint density at radius 2 is 1.44 bits per heavy atom. The molecule has 1 atom stereocenters. The Morgan fingerprint density at radius 1 is 0.794 bits per heavy atom. The van der Waals surface area contributed by atoms with Crippen molar-refractivity contribution in [1.82, 2.24) is 0 Å². The smallest absolute Gasteiger partial charge is 0.000207 e. The number of rotatable bonds is 1. The number of hydrogen-bond donors (Lipinski definition) is 0. The second kappa shape index (κ2) is 7.84. The van der Waals surface area contributed by atoms with E-state index in [0.29, 0.717) is 5.92 Å². The average Bonchev–Trinajstić information content (AvgIpc) is 3.24. The van der Waals surface area contributed by atoms with Crippen LogP contribution in [0.3, 0.4) is 0 Å². The molecule has 0 aromatic heterocycles. The van der Waals surface area contributed by atoms with Crippen molar-refractivity contribution in [3.63, 3.8) is 0 Å². The maximum Gasteiger partial charge on any atom is 0.000207 e. The fourth-order valence-electron chi connectivity index (χ4n) is 5.37. The third-order valence-corrected chi connectivity index (χ3v) is 7.46. The topological polar surface area (TPSA) is 0 Å². The maximum absolute atomic E-state index is 3.87. The van der Waals surface area contributed by atoms with Gasteiger partial charge in [-0.15, -0.1) is 0 Å². The molecule has 34 heavy (non-hydrogen) atoms. The van der Waals surface area contributed by atoms with Crippen LogP contribution in [0.2, 0.25) is 0 Å². The number of fused-ring (bicyclic) bond motifs is 2. The Morgan fingerprint density at radius 3 is 1.94 bits per heavy atom.